The second kappa shape index (κ2) is 7.41. The SMILES string of the molecule is CCCCC(Nc1cccc(NC(C)=O)c1)C(=O)O. The number of benzene rings is 1. The predicted molar refractivity (Wildman–Crippen MR) is 75.3 cm³/mol. The van der Waals surface area contributed by atoms with Crippen molar-refractivity contribution >= 4 is 23.3 Å². The lowest BCUT2D eigenvalue weighted by molar-refractivity contribution is -0.138. The molecule has 5 heteroatoms. The molecule has 1 unspecified atom stereocenters. The van der Waals surface area contributed by atoms with Crippen molar-refractivity contribution in [2.45, 2.75) is 39.2 Å². The number of unbranched alkanes of at least 4 members (excludes halogenated alkanes) is 1. The summed E-state index contributed by atoms with van der Waals surface area (Å²) in [5.41, 5.74) is 1.34. The summed E-state index contributed by atoms with van der Waals surface area (Å²) in [6.07, 6.45) is 2.39. The van der Waals surface area contributed by atoms with Crippen molar-refractivity contribution in [1.82, 2.24) is 0 Å². The van der Waals surface area contributed by atoms with Gasteiger partial charge >= 0.3 is 5.97 Å². The van der Waals surface area contributed by atoms with Gasteiger partial charge in [-0.25, -0.2) is 4.79 Å². The van der Waals surface area contributed by atoms with Crippen LogP contribution in [-0.4, -0.2) is 23.0 Å². The Hall–Kier alpha value is -2.04. The van der Waals surface area contributed by atoms with E-state index in [-0.39, 0.29) is 5.91 Å². The zero-order valence-electron chi connectivity index (χ0n) is 11.3. The highest BCUT2D eigenvalue weighted by atomic mass is 16.4. The molecule has 0 radical (unpaired) electrons. The maximum atomic E-state index is 11.1. The van der Waals surface area contributed by atoms with E-state index in [1.54, 1.807) is 24.3 Å². The van der Waals surface area contributed by atoms with Gasteiger partial charge in [0, 0.05) is 18.3 Å². The maximum absolute atomic E-state index is 11.1. The Balaban J connectivity index is 2.72. The molecule has 0 aliphatic heterocycles. The number of nitrogens with one attached hydrogen (secondary N) is 2. The Morgan fingerprint density at radius 3 is 2.58 bits per heavy atom. The predicted octanol–water partition coefficient (Wildman–Crippen LogP) is 2.70. The molecule has 1 aromatic carbocycles. The van der Waals surface area contributed by atoms with Crippen molar-refractivity contribution in [3.05, 3.63) is 24.3 Å². The van der Waals surface area contributed by atoms with Gasteiger partial charge in [0.05, 0.1) is 0 Å². The van der Waals surface area contributed by atoms with Crippen molar-refractivity contribution in [2.75, 3.05) is 10.6 Å². The van der Waals surface area contributed by atoms with Crippen LogP contribution >= 0.6 is 0 Å². The van der Waals surface area contributed by atoms with E-state index in [1.807, 2.05) is 6.92 Å². The molecule has 3 N–H and O–H groups in total. The van der Waals surface area contributed by atoms with Crippen LogP contribution < -0.4 is 10.6 Å². The minimum Gasteiger partial charge on any atom is -0.480 e. The first-order valence-electron chi connectivity index (χ1n) is 6.40. The number of carboxylic acids is 1. The second-order valence-electron chi connectivity index (χ2n) is 4.44. The van der Waals surface area contributed by atoms with E-state index in [1.165, 1.54) is 6.92 Å². The highest BCUT2D eigenvalue weighted by molar-refractivity contribution is 5.89. The third-order valence-corrected chi connectivity index (χ3v) is 2.67. The van der Waals surface area contributed by atoms with Gasteiger partial charge in [-0.1, -0.05) is 25.8 Å². The van der Waals surface area contributed by atoms with Crippen LogP contribution in [0.5, 0.6) is 0 Å². The highest BCUT2D eigenvalue weighted by Crippen LogP contribution is 2.17. The van der Waals surface area contributed by atoms with Crippen LogP contribution in [0.15, 0.2) is 24.3 Å². The van der Waals surface area contributed by atoms with Gasteiger partial charge in [-0.15, -0.1) is 0 Å². The van der Waals surface area contributed by atoms with Crippen LogP contribution in [0.3, 0.4) is 0 Å². The molecule has 0 aliphatic carbocycles. The largest absolute Gasteiger partial charge is 0.480 e. The third kappa shape index (κ3) is 5.42. The van der Waals surface area contributed by atoms with Crippen LogP contribution in [0, 0.1) is 0 Å². The molecule has 0 saturated carbocycles. The average molecular weight is 264 g/mol. The van der Waals surface area contributed by atoms with Gasteiger partial charge in [0.2, 0.25) is 5.91 Å². The van der Waals surface area contributed by atoms with Gasteiger partial charge in [0.25, 0.3) is 0 Å². The molecule has 0 fully saturated rings. The summed E-state index contributed by atoms with van der Waals surface area (Å²) in [6, 6.07) is 6.43. The smallest absolute Gasteiger partial charge is 0.326 e. The fourth-order valence-corrected chi connectivity index (χ4v) is 1.76. The number of amides is 1. The molecule has 1 amide bonds. The van der Waals surface area contributed by atoms with Crippen LogP contribution in [0.4, 0.5) is 11.4 Å². The summed E-state index contributed by atoms with van der Waals surface area (Å²) in [7, 11) is 0. The maximum Gasteiger partial charge on any atom is 0.326 e. The van der Waals surface area contributed by atoms with Gasteiger partial charge in [0.1, 0.15) is 6.04 Å². The molecule has 19 heavy (non-hydrogen) atoms. The first-order chi connectivity index (χ1) is 9.02. The van der Waals surface area contributed by atoms with Gasteiger partial charge < -0.3 is 15.7 Å². The topological polar surface area (TPSA) is 78.4 Å². The number of hydrogen-bond acceptors (Lipinski definition) is 3. The molecule has 5 nitrogen and oxygen atoms in total. The van der Waals surface area contributed by atoms with Crippen LogP contribution in [-0.2, 0) is 9.59 Å². The number of aliphatic carboxylic acids is 1. The lowest BCUT2D eigenvalue weighted by Gasteiger charge is -2.16. The Kier molecular flexibility index (Phi) is 5.85. The first-order valence-corrected chi connectivity index (χ1v) is 6.40. The lowest BCUT2D eigenvalue weighted by atomic mass is 10.1. The number of hydrogen-bond donors (Lipinski definition) is 3. The summed E-state index contributed by atoms with van der Waals surface area (Å²) >= 11 is 0. The molecule has 0 saturated heterocycles. The number of anilines is 2. The van der Waals surface area contributed by atoms with Gasteiger partial charge in [-0.2, -0.15) is 0 Å². The van der Waals surface area contributed by atoms with Crippen molar-refractivity contribution < 1.29 is 14.7 Å². The number of carbonyl (C=O) groups excluding carboxylic acids is 1. The van der Waals surface area contributed by atoms with Crippen LogP contribution in [0.1, 0.15) is 33.1 Å². The van der Waals surface area contributed by atoms with Gasteiger partial charge in [-0.3, -0.25) is 4.79 Å². The minimum absolute atomic E-state index is 0.155. The van der Waals surface area contributed by atoms with E-state index in [9.17, 15) is 9.59 Å². The molecule has 1 rings (SSSR count). The zero-order chi connectivity index (χ0) is 14.3. The molecular weight excluding hydrogens is 244 g/mol. The number of carboxylic acid groups (broad SMARTS) is 1. The van der Waals surface area contributed by atoms with Crippen molar-refractivity contribution in [2.24, 2.45) is 0 Å². The summed E-state index contributed by atoms with van der Waals surface area (Å²) < 4.78 is 0. The number of rotatable bonds is 7. The van der Waals surface area contributed by atoms with E-state index in [0.717, 1.165) is 12.8 Å². The molecule has 0 heterocycles. The second-order valence-corrected chi connectivity index (χ2v) is 4.44. The molecule has 104 valence electrons. The fraction of sp³-hybridized carbons (Fsp3) is 0.429. The molecule has 0 spiro atoms. The molecular formula is C14H20N2O3. The molecule has 0 aliphatic rings. The zero-order valence-corrected chi connectivity index (χ0v) is 11.3. The Labute approximate surface area is 113 Å². The standard InChI is InChI=1S/C14H20N2O3/c1-3-4-8-13(14(18)19)16-12-7-5-6-11(9-12)15-10(2)17/h5-7,9,13,16H,3-4,8H2,1-2H3,(H,15,17)(H,18,19). The van der Waals surface area contributed by atoms with Crippen molar-refractivity contribution in [3.8, 4) is 0 Å². The fourth-order valence-electron chi connectivity index (χ4n) is 1.76. The summed E-state index contributed by atoms with van der Waals surface area (Å²) in [5.74, 6) is -1.02. The van der Waals surface area contributed by atoms with E-state index in [2.05, 4.69) is 10.6 Å². The molecule has 0 aromatic heterocycles. The van der Waals surface area contributed by atoms with Gasteiger partial charge in [0.15, 0.2) is 0 Å². The Morgan fingerprint density at radius 2 is 2.00 bits per heavy atom. The summed E-state index contributed by atoms with van der Waals surface area (Å²) in [5, 5.41) is 14.8. The molecule has 1 atom stereocenters. The average Bonchev–Trinajstić information content (AvgIpc) is 2.33. The monoisotopic (exact) mass is 264 g/mol. The van der Waals surface area contributed by atoms with Gasteiger partial charge in [-0.05, 0) is 24.6 Å². The quantitative estimate of drug-likeness (QED) is 0.707. The lowest BCUT2D eigenvalue weighted by Crippen LogP contribution is -2.29. The van der Waals surface area contributed by atoms with Crippen molar-refractivity contribution in [3.63, 3.8) is 0 Å². The first kappa shape index (κ1) is 15.0. The summed E-state index contributed by atoms with van der Waals surface area (Å²) in [6.45, 7) is 3.46. The van der Waals surface area contributed by atoms with E-state index >= 15 is 0 Å². The highest BCUT2D eigenvalue weighted by Gasteiger charge is 2.16. The van der Waals surface area contributed by atoms with E-state index in [4.69, 9.17) is 5.11 Å². The van der Waals surface area contributed by atoms with Crippen LogP contribution in [0.25, 0.3) is 0 Å². The summed E-state index contributed by atoms with van der Waals surface area (Å²) in [4.78, 5) is 22.1. The van der Waals surface area contributed by atoms with E-state index in [0.29, 0.717) is 17.8 Å². The molecule has 1 aromatic rings. The Bertz CT molecular complexity index is 446. The Morgan fingerprint density at radius 1 is 1.32 bits per heavy atom. The minimum atomic E-state index is -0.863. The van der Waals surface area contributed by atoms with Crippen molar-refractivity contribution in [1.29, 1.82) is 0 Å². The normalized spacial score (nSPS) is 11.7. The van der Waals surface area contributed by atoms with E-state index < -0.39 is 12.0 Å². The van der Waals surface area contributed by atoms with Crippen LogP contribution in [0.2, 0.25) is 0 Å². The molecule has 0 bridgehead atoms. The third-order valence-electron chi connectivity index (χ3n) is 2.67. The number of carbonyl (C=O) groups is 2.